The number of rotatable bonds is 10. The Morgan fingerprint density at radius 3 is 2.44 bits per heavy atom. The van der Waals surface area contributed by atoms with Gasteiger partial charge in [0, 0.05) is 25.7 Å². The Labute approximate surface area is 111 Å². The van der Waals surface area contributed by atoms with Crippen LogP contribution in [0.3, 0.4) is 0 Å². The number of hydrogen-bond donors (Lipinski definition) is 2. The van der Waals surface area contributed by atoms with Gasteiger partial charge in [0.05, 0.1) is 6.61 Å². The highest BCUT2D eigenvalue weighted by molar-refractivity contribution is 5.84. The molecule has 1 atom stereocenters. The zero-order valence-corrected chi connectivity index (χ0v) is 12.5. The summed E-state index contributed by atoms with van der Waals surface area (Å²) in [6, 6.07) is 0.216. The van der Waals surface area contributed by atoms with Crippen LogP contribution in [0.4, 0.5) is 0 Å². The molecule has 0 rings (SSSR count). The van der Waals surface area contributed by atoms with Crippen molar-refractivity contribution in [1.82, 2.24) is 10.2 Å². The first-order valence-corrected chi connectivity index (χ1v) is 6.73. The molecule has 3 N–H and O–H groups in total. The standard InChI is InChI=1S/C13H29N3O2/c1-6-16(8-9-18-7-2)10-13(5,12(14)17)15-11(3)4/h11,15H,6-10H2,1-5H3,(H2,14,17). The summed E-state index contributed by atoms with van der Waals surface area (Å²) in [5.41, 5.74) is 4.82. The van der Waals surface area contributed by atoms with Gasteiger partial charge in [0.25, 0.3) is 0 Å². The van der Waals surface area contributed by atoms with Crippen LogP contribution in [0.1, 0.15) is 34.6 Å². The summed E-state index contributed by atoms with van der Waals surface area (Å²) in [5.74, 6) is -0.314. The van der Waals surface area contributed by atoms with Gasteiger partial charge in [-0.1, -0.05) is 6.92 Å². The lowest BCUT2D eigenvalue weighted by Gasteiger charge is -2.35. The largest absolute Gasteiger partial charge is 0.380 e. The summed E-state index contributed by atoms with van der Waals surface area (Å²) in [6.07, 6.45) is 0. The van der Waals surface area contributed by atoms with Gasteiger partial charge in [-0.2, -0.15) is 0 Å². The van der Waals surface area contributed by atoms with Gasteiger partial charge >= 0.3 is 0 Å². The van der Waals surface area contributed by atoms with E-state index in [9.17, 15) is 4.79 Å². The van der Waals surface area contributed by atoms with Crippen LogP contribution in [0.25, 0.3) is 0 Å². The summed E-state index contributed by atoms with van der Waals surface area (Å²) >= 11 is 0. The van der Waals surface area contributed by atoms with Crippen molar-refractivity contribution in [1.29, 1.82) is 0 Å². The topological polar surface area (TPSA) is 67.6 Å². The van der Waals surface area contributed by atoms with Crippen LogP contribution in [0, 0.1) is 0 Å². The number of amides is 1. The molecule has 0 saturated carbocycles. The zero-order chi connectivity index (χ0) is 14.2. The number of likely N-dealkylation sites (N-methyl/N-ethyl adjacent to an activating group) is 1. The van der Waals surface area contributed by atoms with Crippen molar-refractivity contribution in [2.75, 3.05) is 32.8 Å². The van der Waals surface area contributed by atoms with E-state index in [0.717, 1.165) is 19.7 Å². The summed E-state index contributed by atoms with van der Waals surface area (Å²) in [4.78, 5) is 13.8. The van der Waals surface area contributed by atoms with Crippen LogP contribution in [0.15, 0.2) is 0 Å². The van der Waals surface area contributed by atoms with Gasteiger partial charge in [-0.05, 0) is 34.2 Å². The average Bonchev–Trinajstić information content (AvgIpc) is 2.26. The van der Waals surface area contributed by atoms with Crippen molar-refractivity contribution in [3.63, 3.8) is 0 Å². The minimum absolute atomic E-state index is 0.216. The second-order valence-electron chi connectivity index (χ2n) is 5.06. The molecule has 0 aliphatic rings. The predicted molar refractivity (Wildman–Crippen MR) is 74.5 cm³/mol. The minimum Gasteiger partial charge on any atom is -0.380 e. The predicted octanol–water partition coefficient (Wildman–Crippen LogP) is 0.587. The van der Waals surface area contributed by atoms with Gasteiger partial charge in [0.1, 0.15) is 5.54 Å². The van der Waals surface area contributed by atoms with E-state index in [1.807, 2.05) is 27.7 Å². The molecule has 18 heavy (non-hydrogen) atoms. The van der Waals surface area contributed by atoms with Crippen molar-refractivity contribution in [3.8, 4) is 0 Å². The van der Waals surface area contributed by atoms with Gasteiger partial charge in [0.2, 0.25) is 5.91 Å². The number of ether oxygens (including phenoxy) is 1. The number of nitrogens with one attached hydrogen (secondary N) is 1. The van der Waals surface area contributed by atoms with Gasteiger partial charge < -0.3 is 15.8 Å². The highest BCUT2D eigenvalue weighted by Crippen LogP contribution is 2.08. The van der Waals surface area contributed by atoms with Crippen LogP contribution >= 0.6 is 0 Å². The van der Waals surface area contributed by atoms with E-state index in [1.54, 1.807) is 0 Å². The molecule has 0 aromatic heterocycles. The van der Waals surface area contributed by atoms with E-state index < -0.39 is 5.54 Å². The van der Waals surface area contributed by atoms with E-state index in [4.69, 9.17) is 10.5 Å². The third-order valence-electron chi connectivity index (χ3n) is 2.89. The van der Waals surface area contributed by atoms with Gasteiger partial charge in [-0.15, -0.1) is 0 Å². The molecule has 0 aliphatic carbocycles. The van der Waals surface area contributed by atoms with Crippen molar-refractivity contribution < 1.29 is 9.53 Å². The van der Waals surface area contributed by atoms with Crippen molar-refractivity contribution >= 4 is 5.91 Å². The average molecular weight is 259 g/mol. The molecule has 0 fully saturated rings. The second kappa shape index (κ2) is 8.45. The summed E-state index contributed by atoms with van der Waals surface area (Å²) < 4.78 is 5.34. The molecule has 0 saturated heterocycles. The lowest BCUT2D eigenvalue weighted by atomic mass is 9.99. The fourth-order valence-electron chi connectivity index (χ4n) is 1.97. The smallest absolute Gasteiger partial charge is 0.238 e. The fraction of sp³-hybridized carbons (Fsp3) is 0.923. The van der Waals surface area contributed by atoms with Gasteiger partial charge in [-0.3, -0.25) is 9.69 Å². The molecule has 0 bridgehead atoms. The molecule has 5 nitrogen and oxygen atoms in total. The molecule has 108 valence electrons. The SMILES string of the molecule is CCOCCN(CC)CC(C)(NC(C)C)C(N)=O. The maximum absolute atomic E-state index is 11.6. The number of carbonyl (C=O) groups excluding carboxylic acids is 1. The van der Waals surface area contributed by atoms with Crippen molar-refractivity contribution in [3.05, 3.63) is 0 Å². The van der Waals surface area contributed by atoms with Crippen LogP contribution in [-0.2, 0) is 9.53 Å². The lowest BCUT2D eigenvalue weighted by molar-refractivity contribution is -0.125. The molecule has 0 aromatic rings. The highest BCUT2D eigenvalue weighted by Gasteiger charge is 2.33. The molecule has 0 aromatic carbocycles. The highest BCUT2D eigenvalue weighted by atomic mass is 16.5. The van der Waals surface area contributed by atoms with Crippen LogP contribution in [0.2, 0.25) is 0 Å². The van der Waals surface area contributed by atoms with E-state index in [-0.39, 0.29) is 11.9 Å². The monoisotopic (exact) mass is 259 g/mol. The maximum Gasteiger partial charge on any atom is 0.238 e. The molecule has 0 spiro atoms. The number of nitrogens with two attached hydrogens (primary N) is 1. The van der Waals surface area contributed by atoms with Gasteiger partial charge in [-0.25, -0.2) is 0 Å². The summed E-state index contributed by atoms with van der Waals surface area (Å²) in [6.45, 7) is 13.6. The Balaban J connectivity index is 4.48. The Kier molecular flexibility index (Phi) is 8.15. The van der Waals surface area contributed by atoms with E-state index >= 15 is 0 Å². The molecule has 1 amide bonds. The first kappa shape index (κ1) is 17.4. The zero-order valence-electron chi connectivity index (χ0n) is 12.5. The molecular formula is C13H29N3O2. The number of carbonyl (C=O) groups is 1. The Morgan fingerprint density at radius 1 is 1.44 bits per heavy atom. The summed E-state index contributed by atoms with van der Waals surface area (Å²) in [7, 11) is 0. The minimum atomic E-state index is -0.698. The van der Waals surface area contributed by atoms with E-state index in [2.05, 4.69) is 17.1 Å². The Morgan fingerprint density at radius 2 is 2.06 bits per heavy atom. The molecular weight excluding hydrogens is 230 g/mol. The van der Waals surface area contributed by atoms with Gasteiger partial charge in [0.15, 0.2) is 0 Å². The number of nitrogens with zero attached hydrogens (tertiary/aromatic N) is 1. The van der Waals surface area contributed by atoms with Crippen LogP contribution in [-0.4, -0.2) is 55.2 Å². The quantitative estimate of drug-likeness (QED) is 0.563. The Hall–Kier alpha value is -0.650. The Bertz CT molecular complexity index is 246. The fourth-order valence-corrected chi connectivity index (χ4v) is 1.97. The molecule has 0 heterocycles. The number of hydrogen-bond acceptors (Lipinski definition) is 4. The first-order valence-electron chi connectivity index (χ1n) is 6.73. The van der Waals surface area contributed by atoms with Crippen LogP contribution < -0.4 is 11.1 Å². The third kappa shape index (κ3) is 6.33. The third-order valence-corrected chi connectivity index (χ3v) is 2.89. The maximum atomic E-state index is 11.6. The lowest BCUT2D eigenvalue weighted by Crippen LogP contribution is -2.61. The van der Waals surface area contributed by atoms with Crippen LogP contribution in [0.5, 0.6) is 0 Å². The molecule has 0 radical (unpaired) electrons. The molecule has 0 aliphatic heterocycles. The van der Waals surface area contributed by atoms with E-state index in [0.29, 0.717) is 13.2 Å². The normalized spacial score (nSPS) is 15.1. The van der Waals surface area contributed by atoms with Crippen molar-refractivity contribution in [2.24, 2.45) is 5.73 Å². The molecule has 1 unspecified atom stereocenters. The molecule has 5 heteroatoms. The van der Waals surface area contributed by atoms with E-state index in [1.165, 1.54) is 0 Å². The van der Waals surface area contributed by atoms with Crippen molar-refractivity contribution in [2.45, 2.75) is 46.2 Å². The second-order valence-corrected chi connectivity index (χ2v) is 5.06. The first-order chi connectivity index (χ1) is 8.35. The number of primary amides is 1. The summed E-state index contributed by atoms with van der Waals surface area (Å²) in [5, 5.41) is 3.25.